The summed E-state index contributed by atoms with van der Waals surface area (Å²) < 4.78 is 1.76. The summed E-state index contributed by atoms with van der Waals surface area (Å²) in [6, 6.07) is 12.4. The lowest BCUT2D eigenvalue weighted by molar-refractivity contribution is 0.818. The lowest BCUT2D eigenvalue weighted by Crippen LogP contribution is -2.13. The number of fused-ring (bicyclic) bond motifs is 1. The van der Waals surface area contributed by atoms with Gasteiger partial charge in [-0.2, -0.15) is 5.10 Å². The number of benzene rings is 1. The molecule has 6 nitrogen and oxygen atoms in total. The molecule has 0 saturated carbocycles. The third kappa shape index (κ3) is 3.01. The van der Waals surface area contributed by atoms with Gasteiger partial charge < -0.3 is 5.32 Å². The average Bonchev–Trinajstić information content (AvgIpc) is 3.12. The quantitative estimate of drug-likeness (QED) is 0.606. The topological polar surface area (TPSA) is 68.5 Å². The predicted octanol–water partition coefficient (Wildman–Crippen LogP) is 4.01. The van der Waals surface area contributed by atoms with E-state index in [0.717, 1.165) is 33.4 Å². The van der Waals surface area contributed by atoms with Gasteiger partial charge in [0.25, 0.3) is 0 Å². The monoisotopic (exact) mass is 344 g/mol. The fourth-order valence-corrected chi connectivity index (χ4v) is 2.85. The van der Waals surface area contributed by atoms with Crippen LogP contribution < -0.4 is 5.32 Å². The number of aryl methyl sites for hydroxylation is 1. The van der Waals surface area contributed by atoms with Crippen molar-refractivity contribution in [3.63, 3.8) is 0 Å². The second-order valence-corrected chi connectivity index (χ2v) is 6.61. The fraction of sp³-hybridized carbons (Fsp3) is 0.200. The Hall–Kier alpha value is -3.28. The zero-order valence-corrected chi connectivity index (χ0v) is 15.0. The number of hydrogen-bond acceptors (Lipinski definition) is 5. The third-order valence-corrected chi connectivity index (χ3v) is 4.10. The molecule has 0 amide bonds. The Morgan fingerprint density at radius 2 is 1.77 bits per heavy atom. The predicted molar refractivity (Wildman–Crippen MR) is 103 cm³/mol. The molecule has 0 radical (unpaired) electrons. The molecule has 0 saturated heterocycles. The van der Waals surface area contributed by atoms with E-state index < -0.39 is 0 Å². The van der Waals surface area contributed by atoms with Crippen molar-refractivity contribution in [2.45, 2.75) is 26.8 Å². The molecule has 4 rings (SSSR count). The minimum absolute atomic E-state index is 0.280. The van der Waals surface area contributed by atoms with Gasteiger partial charge in [-0.25, -0.2) is 4.68 Å². The Kier molecular flexibility index (Phi) is 4.08. The molecule has 6 heteroatoms. The van der Waals surface area contributed by atoms with E-state index >= 15 is 0 Å². The number of rotatable bonds is 4. The molecule has 130 valence electrons. The average molecular weight is 344 g/mol. The number of nitrogens with zero attached hydrogens (tertiary/aromatic N) is 5. The van der Waals surface area contributed by atoms with Crippen LogP contribution in [0.5, 0.6) is 0 Å². The Balaban J connectivity index is 1.79. The third-order valence-electron chi connectivity index (χ3n) is 4.10. The maximum Gasteiger partial charge on any atom is 0.183 e. The van der Waals surface area contributed by atoms with Crippen molar-refractivity contribution >= 4 is 16.6 Å². The Labute approximate surface area is 151 Å². The molecule has 0 aliphatic carbocycles. The fourth-order valence-electron chi connectivity index (χ4n) is 2.85. The summed E-state index contributed by atoms with van der Waals surface area (Å²) in [5.74, 6) is 1.49. The second-order valence-electron chi connectivity index (χ2n) is 6.61. The van der Waals surface area contributed by atoms with Crippen LogP contribution >= 0.6 is 0 Å². The lowest BCUT2D eigenvalue weighted by Gasteiger charge is -2.12. The summed E-state index contributed by atoms with van der Waals surface area (Å²) >= 11 is 0. The van der Waals surface area contributed by atoms with Crippen LogP contribution in [0.3, 0.4) is 0 Å². The van der Waals surface area contributed by atoms with E-state index in [1.165, 1.54) is 0 Å². The number of hydrogen-bond donors (Lipinski definition) is 1. The highest BCUT2D eigenvalue weighted by Gasteiger charge is 2.13. The summed E-state index contributed by atoms with van der Waals surface area (Å²) in [5.41, 5.74) is 2.96. The molecule has 1 N–H and O–H groups in total. The van der Waals surface area contributed by atoms with Crippen molar-refractivity contribution in [3.8, 4) is 17.1 Å². The van der Waals surface area contributed by atoms with Crippen molar-refractivity contribution in [3.05, 3.63) is 60.6 Å². The van der Waals surface area contributed by atoms with E-state index in [2.05, 4.69) is 39.4 Å². The molecule has 0 spiro atoms. The zero-order valence-electron chi connectivity index (χ0n) is 15.0. The molecule has 1 aromatic carbocycles. The smallest absolute Gasteiger partial charge is 0.183 e. The molecule has 3 aromatic heterocycles. The molecule has 0 bridgehead atoms. The van der Waals surface area contributed by atoms with Gasteiger partial charge >= 0.3 is 0 Å². The van der Waals surface area contributed by atoms with Gasteiger partial charge in [-0.1, -0.05) is 30.3 Å². The molecule has 0 aliphatic rings. The van der Waals surface area contributed by atoms with Crippen molar-refractivity contribution < 1.29 is 0 Å². The summed E-state index contributed by atoms with van der Waals surface area (Å²) in [6.07, 6.45) is 5.59. The van der Waals surface area contributed by atoms with Crippen molar-refractivity contribution in [2.24, 2.45) is 0 Å². The molecule has 0 aliphatic heterocycles. The molecule has 3 heterocycles. The first-order chi connectivity index (χ1) is 12.6. The van der Waals surface area contributed by atoms with Gasteiger partial charge in [-0.3, -0.25) is 4.98 Å². The highest BCUT2D eigenvalue weighted by atomic mass is 15.3. The maximum absolute atomic E-state index is 4.48. The van der Waals surface area contributed by atoms with Gasteiger partial charge in [-0.15, -0.1) is 10.2 Å². The molecular formula is C20H20N6. The van der Waals surface area contributed by atoms with Gasteiger partial charge in [0.2, 0.25) is 0 Å². The SMILES string of the molecule is Cc1ccc(-c2cnn(-c3nnc(NC(C)C)c4ccccc34)c2)nc1. The van der Waals surface area contributed by atoms with Crippen LogP contribution in [0, 0.1) is 6.92 Å². The molecule has 0 fully saturated rings. The van der Waals surface area contributed by atoms with E-state index in [1.54, 1.807) is 10.9 Å². The van der Waals surface area contributed by atoms with Gasteiger partial charge in [0.1, 0.15) is 0 Å². The first-order valence-electron chi connectivity index (χ1n) is 8.62. The van der Waals surface area contributed by atoms with E-state index in [-0.39, 0.29) is 6.04 Å². The number of pyridine rings is 1. The summed E-state index contributed by atoms with van der Waals surface area (Å²) in [5, 5.41) is 18.6. The van der Waals surface area contributed by atoms with E-state index in [1.807, 2.05) is 55.7 Å². The number of aromatic nitrogens is 5. The molecule has 4 aromatic rings. The molecular weight excluding hydrogens is 324 g/mol. The normalized spacial score (nSPS) is 11.2. The highest BCUT2D eigenvalue weighted by Crippen LogP contribution is 2.26. The van der Waals surface area contributed by atoms with E-state index in [9.17, 15) is 0 Å². The highest BCUT2D eigenvalue weighted by molar-refractivity contribution is 5.95. The number of nitrogens with one attached hydrogen (secondary N) is 1. The van der Waals surface area contributed by atoms with Gasteiger partial charge in [0.15, 0.2) is 11.6 Å². The van der Waals surface area contributed by atoms with Crippen LogP contribution in [0.2, 0.25) is 0 Å². The number of anilines is 1. The van der Waals surface area contributed by atoms with Crippen LogP contribution in [0.4, 0.5) is 5.82 Å². The van der Waals surface area contributed by atoms with Gasteiger partial charge in [-0.05, 0) is 32.4 Å². The minimum Gasteiger partial charge on any atom is -0.366 e. The standard InChI is InChI=1S/C20H20N6/c1-13(2)23-19-16-6-4-5-7-17(16)20(25-24-19)26-12-15(11-22-26)18-9-8-14(3)10-21-18/h4-13H,1-3H3,(H,23,24). The molecule has 26 heavy (non-hydrogen) atoms. The van der Waals surface area contributed by atoms with Crippen LogP contribution in [0.15, 0.2) is 55.0 Å². The maximum atomic E-state index is 4.48. The largest absolute Gasteiger partial charge is 0.366 e. The summed E-state index contributed by atoms with van der Waals surface area (Å²) in [6.45, 7) is 6.19. The van der Waals surface area contributed by atoms with Gasteiger partial charge in [0, 0.05) is 34.8 Å². The summed E-state index contributed by atoms with van der Waals surface area (Å²) in [4.78, 5) is 4.47. The Morgan fingerprint density at radius 1 is 0.962 bits per heavy atom. The minimum atomic E-state index is 0.280. The first kappa shape index (κ1) is 16.2. The van der Waals surface area contributed by atoms with Gasteiger partial charge in [0.05, 0.1) is 11.9 Å². The van der Waals surface area contributed by atoms with E-state index in [0.29, 0.717) is 5.82 Å². The zero-order chi connectivity index (χ0) is 18.1. The first-order valence-corrected chi connectivity index (χ1v) is 8.62. The van der Waals surface area contributed by atoms with Crippen molar-refractivity contribution in [1.29, 1.82) is 0 Å². The lowest BCUT2D eigenvalue weighted by atomic mass is 10.1. The van der Waals surface area contributed by atoms with Crippen LogP contribution in [0.25, 0.3) is 27.8 Å². The Bertz CT molecular complexity index is 1050. The summed E-state index contributed by atoms with van der Waals surface area (Å²) in [7, 11) is 0. The van der Waals surface area contributed by atoms with E-state index in [4.69, 9.17) is 0 Å². The van der Waals surface area contributed by atoms with Crippen LogP contribution in [-0.2, 0) is 0 Å². The van der Waals surface area contributed by atoms with Crippen molar-refractivity contribution in [2.75, 3.05) is 5.32 Å². The molecule has 0 unspecified atom stereocenters. The van der Waals surface area contributed by atoms with Crippen LogP contribution in [-0.4, -0.2) is 31.0 Å². The van der Waals surface area contributed by atoms with Crippen LogP contribution in [0.1, 0.15) is 19.4 Å². The van der Waals surface area contributed by atoms with Crippen molar-refractivity contribution in [1.82, 2.24) is 25.0 Å². The molecule has 0 atom stereocenters. The Morgan fingerprint density at radius 3 is 2.50 bits per heavy atom. The second kappa shape index (κ2) is 6.55.